The van der Waals surface area contributed by atoms with Crippen LogP contribution < -0.4 is 11.1 Å². The summed E-state index contributed by atoms with van der Waals surface area (Å²) in [7, 11) is 4.25. The number of nitrogens with one attached hydrogen (secondary N) is 1. The molecule has 0 bridgehead atoms. The molecule has 0 spiro atoms. The van der Waals surface area contributed by atoms with Crippen molar-refractivity contribution in [1.82, 2.24) is 15.1 Å². The summed E-state index contributed by atoms with van der Waals surface area (Å²) in [5.41, 5.74) is 5.70. The van der Waals surface area contributed by atoms with Crippen molar-refractivity contribution in [2.24, 2.45) is 17.6 Å². The third-order valence-electron chi connectivity index (χ3n) is 3.90. The van der Waals surface area contributed by atoms with E-state index in [2.05, 4.69) is 43.1 Å². The third kappa shape index (κ3) is 5.47. The Labute approximate surface area is 117 Å². The summed E-state index contributed by atoms with van der Waals surface area (Å²) in [5.74, 6) is 0.562. The van der Waals surface area contributed by atoms with Gasteiger partial charge in [-0.25, -0.2) is 0 Å². The lowest BCUT2D eigenvalue weighted by molar-refractivity contribution is -0.125. The van der Waals surface area contributed by atoms with E-state index in [1.165, 1.54) is 0 Å². The summed E-state index contributed by atoms with van der Waals surface area (Å²) in [5, 5.41) is 3.07. The Hall–Kier alpha value is -0.650. The molecule has 112 valence electrons. The number of hydrogen-bond donors (Lipinski definition) is 2. The van der Waals surface area contributed by atoms with E-state index in [1.807, 2.05) is 0 Å². The van der Waals surface area contributed by atoms with Crippen LogP contribution >= 0.6 is 0 Å². The minimum atomic E-state index is -0.0494. The van der Waals surface area contributed by atoms with Crippen molar-refractivity contribution in [1.29, 1.82) is 0 Å². The molecule has 1 saturated heterocycles. The van der Waals surface area contributed by atoms with Crippen LogP contribution in [0.1, 0.15) is 20.3 Å². The molecule has 1 rings (SSSR count). The molecular formula is C14H30N4O. The summed E-state index contributed by atoms with van der Waals surface area (Å²) in [6, 6.07) is 0.403. The van der Waals surface area contributed by atoms with Crippen LogP contribution in [0, 0.1) is 11.8 Å². The number of rotatable bonds is 6. The Bertz CT molecular complexity index is 283. The van der Waals surface area contributed by atoms with E-state index in [9.17, 15) is 4.79 Å². The summed E-state index contributed by atoms with van der Waals surface area (Å²) < 4.78 is 0. The normalized spacial score (nSPS) is 23.6. The number of likely N-dealkylation sites (N-methyl/N-ethyl adjacent to an activating group) is 2. The molecule has 1 amide bonds. The molecule has 3 N–H and O–H groups in total. The largest absolute Gasteiger partial charge is 0.354 e. The molecule has 0 aromatic heterocycles. The minimum Gasteiger partial charge on any atom is -0.354 e. The topological polar surface area (TPSA) is 61.6 Å². The first kappa shape index (κ1) is 16.4. The van der Waals surface area contributed by atoms with Gasteiger partial charge in [0.15, 0.2) is 0 Å². The van der Waals surface area contributed by atoms with Gasteiger partial charge in [0.2, 0.25) is 5.91 Å². The standard InChI is InChI=1S/C14H30N4O/c1-11(2)7-12(8-15)14(19)16-9-13-10-17(3)5-6-18(13)4/h11-13H,5-10,15H2,1-4H3,(H,16,19). The number of carbonyl (C=O) groups is 1. The average Bonchev–Trinajstić information content (AvgIpc) is 2.36. The van der Waals surface area contributed by atoms with Gasteiger partial charge in [-0.2, -0.15) is 0 Å². The second kappa shape index (κ2) is 7.82. The first-order chi connectivity index (χ1) is 8.93. The molecule has 0 aromatic rings. The second-order valence-electron chi connectivity index (χ2n) is 6.20. The van der Waals surface area contributed by atoms with Crippen LogP contribution in [-0.4, -0.2) is 68.6 Å². The highest BCUT2D eigenvalue weighted by atomic mass is 16.1. The average molecular weight is 270 g/mol. The number of carbonyl (C=O) groups excluding carboxylic acids is 1. The molecule has 0 saturated carbocycles. The van der Waals surface area contributed by atoms with Crippen LogP contribution in [-0.2, 0) is 4.79 Å². The Balaban J connectivity index is 2.39. The fraction of sp³-hybridized carbons (Fsp3) is 0.929. The van der Waals surface area contributed by atoms with Crippen LogP contribution in [0.4, 0.5) is 0 Å². The van der Waals surface area contributed by atoms with Gasteiger partial charge < -0.3 is 16.0 Å². The first-order valence-electron chi connectivity index (χ1n) is 7.30. The van der Waals surface area contributed by atoms with Crippen molar-refractivity contribution in [3.05, 3.63) is 0 Å². The third-order valence-corrected chi connectivity index (χ3v) is 3.90. The zero-order chi connectivity index (χ0) is 14.4. The predicted molar refractivity (Wildman–Crippen MR) is 78.9 cm³/mol. The number of nitrogens with two attached hydrogens (primary N) is 1. The lowest BCUT2D eigenvalue weighted by atomic mass is 9.96. The van der Waals surface area contributed by atoms with Crippen LogP contribution in [0.5, 0.6) is 0 Å². The van der Waals surface area contributed by atoms with E-state index in [-0.39, 0.29) is 11.8 Å². The zero-order valence-electron chi connectivity index (χ0n) is 12.9. The van der Waals surface area contributed by atoms with Crippen molar-refractivity contribution < 1.29 is 4.79 Å². The Morgan fingerprint density at radius 2 is 2.05 bits per heavy atom. The van der Waals surface area contributed by atoms with Gasteiger partial charge in [-0.3, -0.25) is 9.69 Å². The molecule has 1 aliphatic heterocycles. The zero-order valence-corrected chi connectivity index (χ0v) is 12.9. The summed E-state index contributed by atoms with van der Waals surface area (Å²) in [6.45, 7) is 8.57. The number of hydrogen-bond acceptors (Lipinski definition) is 4. The summed E-state index contributed by atoms with van der Waals surface area (Å²) in [4.78, 5) is 16.7. The highest BCUT2D eigenvalue weighted by Crippen LogP contribution is 2.11. The smallest absolute Gasteiger partial charge is 0.224 e. The van der Waals surface area contributed by atoms with Gasteiger partial charge in [0.25, 0.3) is 0 Å². The van der Waals surface area contributed by atoms with Crippen LogP contribution in [0.2, 0.25) is 0 Å². The SMILES string of the molecule is CC(C)CC(CN)C(=O)NCC1CN(C)CCN1C. The van der Waals surface area contributed by atoms with Crippen LogP contribution in [0.15, 0.2) is 0 Å². The highest BCUT2D eigenvalue weighted by Gasteiger charge is 2.24. The molecule has 5 nitrogen and oxygen atoms in total. The number of nitrogens with zero attached hydrogens (tertiary/aromatic N) is 2. The van der Waals surface area contributed by atoms with Crippen LogP contribution in [0.3, 0.4) is 0 Å². The van der Waals surface area contributed by atoms with Gasteiger partial charge in [0.05, 0.1) is 5.92 Å². The fourth-order valence-corrected chi connectivity index (χ4v) is 2.56. The van der Waals surface area contributed by atoms with Crippen molar-refractivity contribution in [2.75, 3.05) is 46.8 Å². The van der Waals surface area contributed by atoms with Crippen LogP contribution in [0.25, 0.3) is 0 Å². The molecule has 1 aliphatic rings. The predicted octanol–water partition coefficient (Wildman–Crippen LogP) is -0.0306. The molecule has 0 radical (unpaired) electrons. The monoisotopic (exact) mass is 270 g/mol. The van der Waals surface area contributed by atoms with E-state index in [0.717, 1.165) is 26.1 Å². The van der Waals surface area contributed by atoms with E-state index in [1.54, 1.807) is 0 Å². The number of piperazine rings is 1. The Morgan fingerprint density at radius 3 is 2.63 bits per heavy atom. The molecule has 19 heavy (non-hydrogen) atoms. The molecule has 2 unspecified atom stereocenters. The van der Waals surface area contributed by atoms with Crippen molar-refractivity contribution in [3.63, 3.8) is 0 Å². The fourth-order valence-electron chi connectivity index (χ4n) is 2.56. The maximum Gasteiger partial charge on any atom is 0.224 e. The lowest BCUT2D eigenvalue weighted by Crippen LogP contribution is -2.55. The van der Waals surface area contributed by atoms with Gasteiger partial charge in [-0.15, -0.1) is 0 Å². The van der Waals surface area contributed by atoms with E-state index >= 15 is 0 Å². The quantitative estimate of drug-likeness (QED) is 0.711. The highest BCUT2D eigenvalue weighted by molar-refractivity contribution is 5.78. The van der Waals surface area contributed by atoms with Crippen molar-refractivity contribution >= 4 is 5.91 Å². The molecule has 0 aliphatic carbocycles. The van der Waals surface area contributed by atoms with Crippen molar-refractivity contribution in [3.8, 4) is 0 Å². The molecular weight excluding hydrogens is 240 g/mol. The summed E-state index contributed by atoms with van der Waals surface area (Å²) in [6.07, 6.45) is 0.864. The van der Waals surface area contributed by atoms with E-state index < -0.39 is 0 Å². The minimum absolute atomic E-state index is 0.0494. The van der Waals surface area contributed by atoms with Gasteiger partial charge in [0.1, 0.15) is 0 Å². The Kier molecular flexibility index (Phi) is 6.75. The Morgan fingerprint density at radius 1 is 1.37 bits per heavy atom. The first-order valence-corrected chi connectivity index (χ1v) is 7.30. The molecule has 2 atom stereocenters. The molecule has 0 aromatic carbocycles. The second-order valence-corrected chi connectivity index (χ2v) is 6.20. The molecule has 5 heteroatoms. The maximum absolute atomic E-state index is 12.1. The van der Waals surface area contributed by atoms with Gasteiger partial charge >= 0.3 is 0 Å². The maximum atomic E-state index is 12.1. The molecule has 1 fully saturated rings. The lowest BCUT2D eigenvalue weighted by Gasteiger charge is -2.37. The number of amides is 1. The molecule has 1 heterocycles. The van der Waals surface area contributed by atoms with Crippen molar-refractivity contribution in [2.45, 2.75) is 26.3 Å². The van der Waals surface area contributed by atoms with E-state index in [0.29, 0.717) is 25.0 Å². The van der Waals surface area contributed by atoms with Gasteiger partial charge in [0, 0.05) is 38.8 Å². The van der Waals surface area contributed by atoms with Gasteiger partial charge in [-0.1, -0.05) is 13.8 Å². The summed E-state index contributed by atoms with van der Waals surface area (Å²) >= 11 is 0. The van der Waals surface area contributed by atoms with E-state index in [4.69, 9.17) is 5.73 Å². The van der Waals surface area contributed by atoms with Gasteiger partial charge in [-0.05, 0) is 26.4 Å².